The van der Waals surface area contributed by atoms with Gasteiger partial charge in [-0.15, -0.1) is 11.6 Å². The highest BCUT2D eigenvalue weighted by Crippen LogP contribution is 2.29. The van der Waals surface area contributed by atoms with Crippen LogP contribution < -0.4 is 5.32 Å². The molecule has 1 aliphatic heterocycles. The molecule has 12 heavy (non-hydrogen) atoms. The molecule has 1 N–H and O–H groups in total. The maximum atomic E-state index is 11.2. The SMILES string of the molecule is CNC(=O)C1(Cl)C=CC=NC1Cl. The summed E-state index contributed by atoms with van der Waals surface area (Å²) in [5.41, 5.74) is -0.746. The Kier molecular flexibility index (Phi) is 2.75. The average molecular weight is 207 g/mol. The van der Waals surface area contributed by atoms with Crippen LogP contribution in [-0.2, 0) is 4.79 Å². The van der Waals surface area contributed by atoms with Gasteiger partial charge in [0.1, 0.15) is 0 Å². The number of hydrogen-bond acceptors (Lipinski definition) is 2. The number of carbonyl (C=O) groups excluding carboxylic acids is 1. The minimum absolute atomic E-state index is 0.350. The minimum Gasteiger partial charge on any atom is -0.357 e. The molecule has 1 heterocycles. The van der Waals surface area contributed by atoms with Gasteiger partial charge in [-0.05, 0) is 12.2 Å². The lowest BCUT2D eigenvalue weighted by molar-refractivity contribution is -0.122. The minimum atomic E-state index is -1.24. The molecule has 1 aliphatic rings. The molecule has 2 atom stereocenters. The first-order valence-electron chi connectivity index (χ1n) is 3.37. The zero-order valence-corrected chi connectivity index (χ0v) is 7.93. The van der Waals surface area contributed by atoms with E-state index in [1.165, 1.54) is 19.3 Å². The van der Waals surface area contributed by atoms with Gasteiger partial charge in [0.2, 0.25) is 5.91 Å². The van der Waals surface area contributed by atoms with Gasteiger partial charge < -0.3 is 5.32 Å². The highest BCUT2D eigenvalue weighted by molar-refractivity contribution is 6.42. The summed E-state index contributed by atoms with van der Waals surface area (Å²) in [7, 11) is 1.50. The average Bonchev–Trinajstić information content (AvgIpc) is 2.09. The van der Waals surface area contributed by atoms with Crippen LogP contribution in [0.3, 0.4) is 0 Å². The van der Waals surface area contributed by atoms with E-state index in [0.29, 0.717) is 0 Å². The number of carbonyl (C=O) groups is 1. The molecule has 0 spiro atoms. The van der Waals surface area contributed by atoms with Crippen molar-refractivity contribution in [2.24, 2.45) is 4.99 Å². The second-order valence-electron chi connectivity index (χ2n) is 2.34. The first-order chi connectivity index (χ1) is 5.61. The Hall–Kier alpha value is -0.540. The van der Waals surface area contributed by atoms with E-state index in [9.17, 15) is 4.79 Å². The quantitative estimate of drug-likeness (QED) is 0.504. The van der Waals surface area contributed by atoms with Gasteiger partial charge in [-0.3, -0.25) is 9.79 Å². The van der Waals surface area contributed by atoms with E-state index in [0.717, 1.165) is 0 Å². The molecule has 0 aromatic rings. The molecule has 0 radical (unpaired) electrons. The Morgan fingerprint density at radius 3 is 2.92 bits per heavy atom. The largest absolute Gasteiger partial charge is 0.357 e. The number of halogens is 2. The topological polar surface area (TPSA) is 41.5 Å². The molecule has 2 unspecified atom stereocenters. The third-order valence-corrected chi connectivity index (χ3v) is 2.64. The summed E-state index contributed by atoms with van der Waals surface area (Å²) in [6, 6.07) is 0. The summed E-state index contributed by atoms with van der Waals surface area (Å²) < 4.78 is 0. The Balaban J connectivity index is 2.90. The lowest BCUT2D eigenvalue weighted by atomic mass is 10.1. The first-order valence-corrected chi connectivity index (χ1v) is 4.19. The fraction of sp³-hybridized carbons (Fsp3) is 0.429. The molecule has 1 rings (SSSR count). The van der Waals surface area contributed by atoms with Gasteiger partial charge in [0.05, 0.1) is 0 Å². The van der Waals surface area contributed by atoms with E-state index in [-0.39, 0.29) is 5.91 Å². The molecule has 3 nitrogen and oxygen atoms in total. The van der Waals surface area contributed by atoms with Crippen LogP contribution >= 0.6 is 23.2 Å². The van der Waals surface area contributed by atoms with Gasteiger partial charge in [-0.2, -0.15) is 0 Å². The number of alkyl halides is 2. The van der Waals surface area contributed by atoms with Crippen molar-refractivity contribution >= 4 is 35.3 Å². The molecule has 0 aliphatic carbocycles. The Morgan fingerprint density at radius 2 is 2.42 bits per heavy atom. The zero-order valence-electron chi connectivity index (χ0n) is 6.42. The fourth-order valence-corrected chi connectivity index (χ4v) is 1.33. The number of dihydropyridines is 1. The predicted octanol–water partition coefficient (Wildman–Crippen LogP) is 0.915. The van der Waals surface area contributed by atoms with Gasteiger partial charge in [0.25, 0.3) is 0 Å². The standard InChI is InChI=1S/C7H8Cl2N2O/c1-10-6(12)7(9)3-2-4-11-5(7)8/h2-5H,1H3,(H,10,12). The molecule has 0 aromatic carbocycles. The lowest BCUT2D eigenvalue weighted by Crippen LogP contribution is -2.46. The highest BCUT2D eigenvalue weighted by Gasteiger charge is 2.41. The Labute approximate surface area is 80.4 Å². The van der Waals surface area contributed by atoms with E-state index in [2.05, 4.69) is 10.3 Å². The number of nitrogens with one attached hydrogen (secondary N) is 1. The van der Waals surface area contributed by atoms with Crippen LogP contribution in [0.4, 0.5) is 0 Å². The molecule has 66 valence electrons. The maximum absolute atomic E-state index is 11.2. The molecule has 0 aromatic heterocycles. The van der Waals surface area contributed by atoms with Crippen molar-refractivity contribution in [3.63, 3.8) is 0 Å². The Morgan fingerprint density at radius 1 is 1.75 bits per heavy atom. The zero-order chi connectivity index (χ0) is 9.19. The molecule has 1 amide bonds. The van der Waals surface area contributed by atoms with Gasteiger partial charge in [-0.1, -0.05) is 11.6 Å². The van der Waals surface area contributed by atoms with Crippen LogP contribution in [-0.4, -0.2) is 29.5 Å². The molecule has 0 fully saturated rings. The van der Waals surface area contributed by atoms with Crippen LogP contribution in [0, 0.1) is 0 Å². The molecule has 5 heteroatoms. The Bertz CT molecular complexity index is 252. The lowest BCUT2D eigenvalue weighted by Gasteiger charge is -2.25. The van der Waals surface area contributed by atoms with Crippen molar-refractivity contribution < 1.29 is 4.79 Å². The second kappa shape index (κ2) is 3.46. The number of allylic oxidation sites excluding steroid dienone is 1. The van der Waals surface area contributed by atoms with Gasteiger partial charge in [0.15, 0.2) is 10.4 Å². The summed E-state index contributed by atoms with van der Waals surface area (Å²) in [5.74, 6) is -0.350. The van der Waals surface area contributed by atoms with E-state index < -0.39 is 10.4 Å². The van der Waals surface area contributed by atoms with Crippen molar-refractivity contribution in [3.05, 3.63) is 12.2 Å². The van der Waals surface area contributed by atoms with Crippen molar-refractivity contribution in [3.8, 4) is 0 Å². The molecular formula is C7H8Cl2N2O. The number of hydrogen-bond donors (Lipinski definition) is 1. The van der Waals surface area contributed by atoms with Crippen LogP contribution in [0.15, 0.2) is 17.1 Å². The summed E-state index contributed by atoms with van der Waals surface area (Å²) in [6.07, 6.45) is 4.64. The summed E-state index contributed by atoms with van der Waals surface area (Å²) in [6.45, 7) is 0. The number of amides is 1. The van der Waals surface area contributed by atoms with Crippen LogP contribution in [0.25, 0.3) is 0 Å². The van der Waals surface area contributed by atoms with E-state index in [4.69, 9.17) is 23.2 Å². The van der Waals surface area contributed by atoms with Gasteiger partial charge >= 0.3 is 0 Å². The van der Waals surface area contributed by atoms with E-state index in [1.54, 1.807) is 6.08 Å². The number of nitrogens with zero attached hydrogens (tertiary/aromatic N) is 1. The van der Waals surface area contributed by atoms with Crippen molar-refractivity contribution in [2.75, 3.05) is 7.05 Å². The molecular weight excluding hydrogens is 199 g/mol. The van der Waals surface area contributed by atoms with Crippen LogP contribution in [0.2, 0.25) is 0 Å². The third-order valence-electron chi connectivity index (χ3n) is 1.56. The van der Waals surface area contributed by atoms with E-state index >= 15 is 0 Å². The van der Waals surface area contributed by atoms with Crippen molar-refractivity contribution in [1.82, 2.24) is 5.32 Å². The number of rotatable bonds is 1. The van der Waals surface area contributed by atoms with Crippen LogP contribution in [0.5, 0.6) is 0 Å². The van der Waals surface area contributed by atoms with Gasteiger partial charge in [0, 0.05) is 13.3 Å². The van der Waals surface area contributed by atoms with Gasteiger partial charge in [-0.25, -0.2) is 0 Å². The fourth-order valence-electron chi connectivity index (χ4n) is 0.872. The van der Waals surface area contributed by atoms with Crippen molar-refractivity contribution in [1.29, 1.82) is 0 Å². The second-order valence-corrected chi connectivity index (χ2v) is 3.38. The monoisotopic (exact) mass is 206 g/mol. The first kappa shape index (κ1) is 9.55. The molecule has 0 saturated carbocycles. The highest BCUT2D eigenvalue weighted by atomic mass is 35.5. The maximum Gasteiger partial charge on any atom is 0.248 e. The van der Waals surface area contributed by atoms with Crippen LogP contribution in [0.1, 0.15) is 0 Å². The molecule has 0 bridgehead atoms. The summed E-state index contributed by atoms with van der Waals surface area (Å²) in [5, 5.41) is 2.43. The summed E-state index contributed by atoms with van der Waals surface area (Å²) in [4.78, 5) is 13.8. The predicted molar refractivity (Wildman–Crippen MR) is 49.9 cm³/mol. The third kappa shape index (κ3) is 1.47. The smallest absolute Gasteiger partial charge is 0.248 e. The van der Waals surface area contributed by atoms with Crippen molar-refractivity contribution in [2.45, 2.75) is 10.4 Å². The summed E-state index contributed by atoms with van der Waals surface area (Å²) >= 11 is 11.7. The number of aliphatic imine (C=N–C) groups is 1. The molecule has 0 saturated heterocycles. The normalized spacial score (nSPS) is 33.4. The van der Waals surface area contributed by atoms with E-state index in [1.807, 2.05) is 0 Å².